The van der Waals surface area contributed by atoms with Crippen LogP contribution in [0.1, 0.15) is 44.3 Å². The second-order valence-electron chi connectivity index (χ2n) is 9.24. The summed E-state index contributed by atoms with van der Waals surface area (Å²) in [6, 6.07) is 12.8. The zero-order valence-electron chi connectivity index (χ0n) is 20.4. The summed E-state index contributed by atoms with van der Waals surface area (Å²) in [5.41, 5.74) is 1.80. The summed E-state index contributed by atoms with van der Waals surface area (Å²) in [4.78, 5) is 0. The minimum absolute atomic E-state index is 0.0139. The Morgan fingerprint density at radius 3 is 2.08 bits per heavy atom. The van der Waals surface area contributed by atoms with Gasteiger partial charge in [-0.1, -0.05) is 49.7 Å². The fourth-order valence-corrected chi connectivity index (χ4v) is 4.63. The maximum Gasteiger partial charge on any atom is 0.425 e. The van der Waals surface area contributed by atoms with Crippen molar-refractivity contribution in [3.63, 3.8) is 0 Å². The van der Waals surface area contributed by atoms with Crippen LogP contribution < -0.4 is 4.74 Å². The fraction of sp³-hybridized carbons (Fsp3) is 0.310. The van der Waals surface area contributed by atoms with Gasteiger partial charge in [0.2, 0.25) is 0 Å². The lowest BCUT2D eigenvalue weighted by Crippen LogP contribution is -2.23. The van der Waals surface area contributed by atoms with Crippen molar-refractivity contribution in [3.8, 4) is 28.0 Å². The van der Waals surface area contributed by atoms with Crippen molar-refractivity contribution in [2.75, 3.05) is 6.61 Å². The molecule has 3 aromatic carbocycles. The van der Waals surface area contributed by atoms with Gasteiger partial charge in [-0.05, 0) is 65.6 Å². The van der Waals surface area contributed by atoms with E-state index >= 15 is 0 Å². The summed E-state index contributed by atoms with van der Waals surface area (Å²) in [7, 11) is 0. The fourth-order valence-electron chi connectivity index (χ4n) is 4.63. The standard InChI is InChI=1S/C29H25F7O2/c1-2-3-17-4-11-26(37-16-17)19-7-5-18(6-8-19)20-9-10-22(23(30)12-20)21-13-24(31)28(25(32)14-21)38-29(35,36)15-27(33)34/h5-10,12-15,17,26H,2-4,11,16H2,1H3. The molecule has 0 N–H and O–H groups in total. The van der Waals surface area contributed by atoms with Gasteiger partial charge in [-0.15, -0.1) is 0 Å². The van der Waals surface area contributed by atoms with Crippen molar-refractivity contribution < 1.29 is 40.2 Å². The van der Waals surface area contributed by atoms with E-state index < -0.39 is 41.5 Å². The van der Waals surface area contributed by atoms with E-state index in [9.17, 15) is 30.7 Å². The Balaban J connectivity index is 1.51. The third-order valence-electron chi connectivity index (χ3n) is 6.48. The van der Waals surface area contributed by atoms with Crippen LogP contribution >= 0.6 is 0 Å². The van der Waals surface area contributed by atoms with Gasteiger partial charge in [-0.2, -0.15) is 17.6 Å². The minimum Gasteiger partial charge on any atom is -0.423 e. The smallest absolute Gasteiger partial charge is 0.423 e. The first-order valence-corrected chi connectivity index (χ1v) is 12.2. The number of hydrogen-bond acceptors (Lipinski definition) is 2. The predicted molar refractivity (Wildman–Crippen MR) is 129 cm³/mol. The molecule has 0 saturated carbocycles. The molecule has 0 aliphatic carbocycles. The van der Waals surface area contributed by atoms with Crippen molar-refractivity contribution in [2.45, 2.75) is 44.8 Å². The first kappa shape index (κ1) is 27.7. The maximum absolute atomic E-state index is 15.0. The van der Waals surface area contributed by atoms with E-state index in [2.05, 4.69) is 11.7 Å². The average Bonchev–Trinajstić information content (AvgIpc) is 2.86. The predicted octanol–water partition coefficient (Wildman–Crippen LogP) is 9.46. The molecule has 0 bridgehead atoms. The van der Waals surface area contributed by atoms with Gasteiger partial charge in [-0.3, -0.25) is 0 Å². The first-order chi connectivity index (χ1) is 18.1. The Labute approximate surface area is 215 Å². The highest BCUT2D eigenvalue weighted by molar-refractivity contribution is 5.71. The number of benzene rings is 3. The molecule has 2 unspecified atom stereocenters. The zero-order valence-corrected chi connectivity index (χ0v) is 20.4. The van der Waals surface area contributed by atoms with E-state index in [0.717, 1.165) is 43.4 Å². The quantitative estimate of drug-likeness (QED) is 0.266. The Morgan fingerprint density at radius 1 is 0.895 bits per heavy atom. The highest BCUT2D eigenvalue weighted by Gasteiger charge is 2.33. The van der Waals surface area contributed by atoms with Crippen LogP contribution in [0.15, 0.2) is 66.8 Å². The van der Waals surface area contributed by atoms with E-state index in [1.165, 1.54) is 12.1 Å². The number of ether oxygens (including phenoxy) is 2. The van der Waals surface area contributed by atoms with Gasteiger partial charge in [0, 0.05) is 5.56 Å². The summed E-state index contributed by atoms with van der Waals surface area (Å²) in [5, 5.41) is 0. The summed E-state index contributed by atoms with van der Waals surface area (Å²) in [5.74, 6) is -4.97. The van der Waals surface area contributed by atoms with Gasteiger partial charge >= 0.3 is 6.11 Å². The average molecular weight is 539 g/mol. The lowest BCUT2D eigenvalue weighted by molar-refractivity contribution is -0.137. The van der Waals surface area contributed by atoms with Crippen molar-refractivity contribution in [1.82, 2.24) is 0 Å². The molecule has 202 valence electrons. The minimum atomic E-state index is -4.65. The molecule has 2 nitrogen and oxygen atoms in total. The van der Waals surface area contributed by atoms with Crippen LogP contribution in [0.5, 0.6) is 5.75 Å². The lowest BCUT2D eigenvalue weighted by atomic mass is 9.91. The molecule has 0 amide bonds. The third-order valence-corrected chi connectivity index (χ3v) is 6.48. The van der Waals surface area contributed by atoms with Gasteiger partial charge in [-0.25, -0.2) is 13.2 Å². The third kappa shape index (κ3) is 6.56. The molecule has 0 spiro atoms. The van der Waals surface area contributed by atoms with Crippen LogP contribution in [0.2, 0.25) is 0 Å². The van der Waals surface area contributed by atoms with Crippen molar-refractivity contribution >= 4 is 0 Å². The van der Waals surface area contributed by atoms with Gasteiger partial charge < -0.3 is 9.47 Å². The highest BCUT2D eigenvalue weighted by Crippen LogP contribution is 2.36. The second-order valence-corrected chi connectivity index (χ2v) is 9.24. The number of halogens is 7. The van der Waals surface area contributed by atoms with Crippen LogP contribution in [-0.4, -0.2) is 12.7 Å². The lowest BCUT2D eigenvalue weighted by Gasteiger charge is -2.29. The first-order valence-electron chi connectivity index (χ1n) is 12.2. The van der Waals surface area contributed by atoms with Gasteiger partial charge in [0.15, 0.2) is 17.4 Å². The van der Waals surface area contributed by atoms with Gasteiger partial charge in [0.05, 0.1) is 18.8 Å². The largest absolute Gasteiger partial charge is 0.425 e. The summed E-state index contributed by atoms with van der Waals surface area (Å²) >= 11 is 0. The molecule has 1 heterocycles. The molecule has 0 aromatic heterocycles. The normalized spacial score (nSPS) is 17.8. The summed E-state index contributed by atoms with van der Waals surface area (Å²) in [6.07, 6.45) is -3.97. The van der Waals surface area contributed by atoms with E-state index in [4.69, 9.17) is 4.74 Å². The van der Waals surface area contributed by atoms with E-state index in [1.54, 1.807) is 6.07 Å². The van der Waals surface area contributed by atoms with Crippen LogP contribution in [0.25, 0.3) is 22.3 Å². The molecule has 2 atom stereocenters. The van der Waals surface area contributed by atoms with E-state index in [1.807, 2.05) is 24.3 Å². The Kier molecular flexibility index (Phi) is 8.45. The molecular weight excluding hydrogens is 513 g/mol. The maximum atomic E-state index is 15.0. The van der Waals surface area contributed by atoms with Gasteiger partial charge in [0.1, 0.15) is 5.82 Å². The molecule has 3 aromatic rings. The Morgan fingerprint density at radius 2 is 1.53 bits per heavy atom. The molecule has 1 fully saturated rings. The molecule has 4 rings (SSSR count). The molecule has 9 heteroatoms. The topological polar surface area (TPSA) is 18.5 Å². The second kappa shape index (κ2) is 11.6. The van der Waals surface area contributed by atoms with E-state index in [-0.39, 0.29) is 17.2 Å². The Bertz CT molecular complexity index is 1270. The molecule has 1 aliphatic heterocycles. The molecular formula is C29H25F7O2. The SMILES string of the molecule is CCCC1CCC(c2ccc(-c3ccc(-c4cc(F)c(OC(F)(F)C=C(F)F)c(F)c4)c(F)c3)cc2)OC1. The number of hydrogen-bond donors (Lipinski definition) is 0. The van der Waals surface area contributed by atoms with Crippen LogP contribution in [0, 0.1) is 23.4 Å². The van der Waals surface area contributed by atoms with Crippen LogP contribution in [0.3, 0.4) is 0 Å². The molecule has 38 heavy (non-hydrogen) atoms. The number of alkyl halides is 2. The van der Waals surface area contributed by atoms with E-state index in [0.29, 0.717) is 23.6 Å². The molecule has 1 saturated heterocycles. The monoisotopic (exact) mass is 538 g/mol. The highest BCUT2D eigenvalue weighted by atomic mass is 19.3. The van der Waals surface area contributed by atoms with Gasteiger partial charge in [0.25, 0.3) is 6.08 Å². The van der Waals surface area contributed by atoms with Crippen LogP contribution in [-0.2, 0) is 4.74 Å². The number of rotatable bonds is 8. The zero-order chi connectivity index (χ0) is 27.4. The molecule has 0 radical (unpaired) electrons. The van der Waals surface area contributed by atoms with Crippen molar-refractivity contribution in [1.29, 1.82) is 0 Å². The Hall–Kier alpha value is -3.33. The van der Waals surface area contributed by atoms with Crippen molar-refractivity contribution in [3.05, 3.63) is 89.8 Å². The summed E-state index contributed by atoms with van der Waals surface area (Å²) < 4.78 is 105. The van der Waals surface area contributed by atoms with Crippen LogP contribution in [0.4, 0.5) is 30.7 Å². The summed E-state index contributed by atoms with van der Waals surface area (Å²) in [6.45, 7) is 2.89. The van der Waals surface area contributed by atoms with Crippen molar-refractivity contribution in [2.24, 2.45) is 5.92 Å². The molecule has 1 aliphatic rings.